The smallest absolute Gasteiger partial charge is 0.308 e. The first-order chi connectivity index (χ1) is 11.1. The summed E-state index contributed by atoms with van der Waals surface area (Å²) in [6, 6.07) is -0.292. The maximum absolute atomic E-state index is 12.5. The lowest BCUT2D eigenvalue weighted by molar-refractivity contribution is -0.147. The van der Waals surface area contributed by atoms with Crippen LogP contribution in [0.25, 0.3) is 0 Å². The van der Waals surface area contributed by atoms with Crippen molar-refractivity contribution in [2.24, 2.45) is 11.8 Å². The van der Waals surface area contributed by atoms with Crippen molar-refractivity contribution < 1.29 is 19.1 Å². The van der Waals surface area contributed by atoms with E-state index >= 15 is 0 Å². The van der Waals surface area contributed by atoms with Gasteiger partial charge >= 0.3 is 5.97 Å². The second-order valence-corrected chi connectivity index (χ2v) is 6.93. The molecule has 3 atom stereocenters. The van der Waals surface area contributed by atoms with Crippen LogP contribution in [-0.4, -0.2) is 47.9 Å². The number of rotatable bonds is 5. The number of hydrogen-bond donors (Lipinski definition) is 1. The molecule has 0 aromatic rings. The highest BCUT2D eigenvalue weighted by Crippen LogP contribution is 2.34. The fourth-order valence-corrected chi connectivity index (χ4v) is 3.75. The van der Waals surface area contributed by atoms with E-state index in [4.69, 9.17) is 4.74 Å². The predicted molar refractivity (Wildman–Crippen MR) is 83.4 cm³/mol. The van der Waals surface area contributed by atoms with Gasteiger partial charge in [0, 0.05) is 18.5 Å². The molecular weight excluding hydrogens is 296 g/mol. The van der Waals surface area contributed by atoms with Gasteiger partial charge in [-0.2, -0.15) is 0 Å². The van der Waals surface area contributed by atoms with Crippen LogP contribution in [0.1, 0.15) is 51.9 Å². The Morgan fingerprint density at radius 1 is 1.09 bits per heavy atom. The lowest BCUT2D eigenvalue weighted by Gasteiger charge is -2.25. The van der Waals surface area contributed by atoms with Crippen LogP contribution < -0.4 is 5.32 Å². The van der Waals surface area contributed by atoms with Gasteiger partial charge in [0.25, 0.3) is 0 Å². The van der Waals surface area contributed by atoms with E-state index in [9.17, 15) is 14.4 Å². The maximum atomic E-state index is 12.5. The molecule has 0 aromatic carbocycles. The minimum Gasteiger partial charge on any atom is -0.466 e. The zero-order valence-corrected chi connectivity index (χ0v) is 13.8. The summed E-state index contributed by atoms with van der Waals surface area (Å²) in [6.45, 7) is 2.90. The molecule has 0 spiro atoms. The molecule has 0 unspecified atom stereocenters. The summed E-state index contributed by atoms with van der Waals surface area (Å²) in [5.41, 5.74) is 0. The van der Waals surface area contributed by atoms with Crippen molar-refractivity contribution in [3.05, 3.63) is 0 Å². The molecule has 3 aliphatic rings. The molecule has 23 heavy (non-hydrogen) atoms. The SMILES string of the molecule is CCOC(=O)[C@@H]1CC[C@H](NC(=O)[C@H]2CCCN2C(=O)C2CC2)C1. The van der Waals surface area contributed by atoms with Gasteiger partial charge in [0.1, 0.15) is 6.04 Å². The van der Waals surface area contributed by atoms with E-state index in [2.05, 4.69) is 5.32 Å². The zero-order chi connectivity index (χ0) is 16.4. The third-order valence-electron chi connectivity index (χ3n) is 5.16. The van der Waals surface area contributed by atoms with Crippen molar-refractivity contribution >= 4 is 17.8 Å². The molecule has 0 aromatic heterocycles. The average Bonchev–Trinajstić information content (AvgIpc) is 3.08. The Kier molecular flexibility index (Phi) is 4.87. The second-order valence-electron chi connectivity index (χ2n) is 6.93. The van der Waals surface area contributed by atoms with Crippen LogP contribution in [0.15, 0.2) is 0 Å². The topological polar surface area (TPSA) is 75.7 Å². The van der Waals surface area contributed by atoms with E-state index in [1.54, 1.807) is 11.8 Å². The molecule has 2 saturated carbocycles. The van der Waals surface area contributed by atoms with Crippen LogP contribution in [-0.2, 0) is 19.1 Å². The highest BCUT2D eigenvalue weighted by atomic mass is 16.5. The Morgan fingerprint density at radius 3 is 2.52 bits per heavy atom. The van der Waals surface area contributed by atoms with Crippen molar-refractivity contribution in [3.63, 3.8) is 0 Å². The molecule has 2 aliphatic carbocycles. The largest absolute Gasteiger partial charge is 0.466 e. The molecule has 6 nitrogen and oxygen atoms in total. The third-order valence-corrected chi connectivity index (χ3v) is 5.16. The van der Waals surface area contributed by atoms with Gasteiger partial charge in [0.15, 0.2) is 0 Å². The predicted octanol–water partition coefficient (Wildman–Crippen LogP) is 1.24. The quantitative estimate of drug-likeness (QED) is 0.773. The number of nitrogens with zero attached hydrogens (tertiary/aromatic N) is 1. The van der Waals surface area contributed by atoms with Crippen LogP contribution in [0, 0.1) is 11.8 Å². The van der Waals surface area contributed by atoms with Crippen LogP contribution in [0.4, 0.5) is 0 Å². The number of carbonyl (C=O) groups excluding carboxylic acids is 3. The number of hydrogen-bond acceptors (Lipinski definition) is 4. The number of esters is 1. The summed E-state index contributed by atoms with van der Waals surface area (Å²) in [4.78, 5) is 38.3. The van der Waals surface area contributed by atoms with E-state index in [0.717, 1.165) is 38.5 Å². The van der Waals surface area contributed by atoms with Gasteiger partial charge in [-0.05, 0) is 51.9 Å². The van der Waals surface area contributed by atoms with Gasteiger partial charge in [-0.25, -0.2) is 0 Å². The van der Waals surface area contributed by atoms with Crippen molar-refractivity contribution in [3.8, 4) is 0 Å². The first-order valence-electron chi connectivity index (χ1n) is 8.87. The summed E-state index contributed by atoms with van der Waals surface area (Å²) in [5, 5.41) is 3.05. The summed E-state index contributed by atoms with van der Waals surface area (Å²) in [7, 11) is 0. The number of carbonyl (C=O) groups is 3. The monoisotopic (exact) mass is 322 g/mol. The Morgan fingerprint density at radius 2 is 1.83 bits per heavy atom. The Balaban J connectivity index is 1.51. The Bertz CT molecular complexity index is 489. The molecule has 0 bridgehead atoms. The standard InChI is InChI=1S/C17H26N2O4/c1-2-23-17(22)12-7-8-13(10-12)18-15(20)14-4-3-9-19(14)16(21)11-5-6-11/h11-14H,2-10H2,1H3,(H,18,20)/t12-,13+,14-/m1/s1. The van der Waals surface area contributed by atoms with Crippen molar-refractivity contribution in [2.45, 2.75) is 64.0 Å². The van der Waals surface area contributed by atoms with E-state index in [0.29, 0.717) is 19.6 Å². The molecular formula is C17H26N2O4. The first kappa shape index (κ1) is 16.3. The lowest BCUT2D eigenvalue weighted by Crippen LogP contribution is -2.48. The summed E-state index contributed by atoms with van der Waals surface area (Å²) in [5.74, 6) is -0.00349. The summed E-state index contributed by atoms with van der Waals surface area (Å²) >= 11 is 0. The Hall–Kier alpha value is -1.59. The molecule has 0 radical (unpaired) electrons. The van der Waals surface area contributed by atoms with Crippen LogP contribution >= 0.6 is 0 Å². The van der Waals surface area contributed by atoms with Gasteiger partial charge < -0.3 is 15.0 Å². The van der Waals surface area contributed by atoms with Crippen molar-refractivity contribution in [1.29, 1.82) is 0 Å². The van der Waals surface area contributed by atoms with Crippen LogP contribution in [0.2, 0.25) is 0 Å². The number of nitrogens with one attached hydrogen (secondary N) is 1. The highest BCUT2D eigenvalue weighted by molar-refractivity contribution is 5.90. The van der Waals surface area contributed by atoms with Crippen molar-refractivity contribution in [1.82, 2.24) is 10.2 Å². The normalized spacial score (nSPS) is 30.3. The van der Waals surface area contributed by atoms with Gasteiger partial charge in [0.2, 0.25) is 11.8 Å². The maximum Gasteiger partial charge on any atom is 0.308 e. The minimum absolute atomic E-state index is 0.0235. The van der Waals surface area contributed by atoms with Crippen LogP contribution in [0.3, 0.4) is 0 Å². The average molecular weight is 322 g/mol. The number of likely N-dealkylation sites (tertiary alicyclic amines) is 1. The molecule has 1 aliphatic heterocycles. The van der Waals surface area contributed by atoms with E-state index in [1.165, 1.54) is 0 Å². The lowest BCUT2D eigenvalue weighted by atomic mass is 10.1. The summed E-state index contributed by atoms with van der Waals surface area (Å²) in [6.07, 6.45) is 5.79. The molecule has 1 saturated heterocycles. The van der Waals surface area contributed by atoms with Crippen molar-refractivity contribution in [2.75, 3.05) is 13.2 Å². The molecule has 6 heteroatoms. The molecule has 1 heterocycles. The van der Waals surface area contributed by atoms with E-state index in [1.807, 2.05) is 0 Å². The Labute approximate surface area is 136 Å². The molecule has 3 rings (SSSR count). The van der Waals surface area contributed by atoms with Gasteiger partial charge in [0.05, 0.1) is 12.5 Å². The minimum atomic E-state index is -0.315. The molecule has 3 fully saturated rings. The third kappa shape index (κ3) is 3.67. The fraction of sp³-hybridized carbons (Fsp3) is 0.824. The molecule has 2 amide bonds. The summed E-state index contributed by atoms with van der Waals surface area (Å²) < 4.78 is 5.06. The number of amides is 2. The fourth-order valence-electron chi connectivity index (χ4n) is 3.75. The zero-order valence-electron chi connectivity index (χ0n) is 13.8. The van der Waals surface area contributed by atoms with Gasteiger partial charge in [-0.1, -0.05) is 0 Å². The first-order valence-corrected chi connectivity index (χ1v) is 8.87. The van der Waals surface area contributed by atoms with Crippen LogP contribution in [0.5, 0.6) is 0 Å². The second kappa shape index (κ2) is 6.89. The van der Waals surface area contributed by atoms with Gasteiger partial charge in [-0.3, -0.25) is 14.4 Å². The highest BCUT2D eigenvalue weighted by Gasteiger charge is 2.41. The van der Waals surface area contributed by atoms with Gasteiger partial charge in [-0.15, -0.1) is 0 Å². The van der Waals surface area contributed by atoms with E-state index in [-0.39, 0.29) is 41.7 Å². The molecule has 1 N–H and O–H groups in total. The molecule has 128 valence electrons. The number of ether oxygens (including phenoxy) is 1. The van der Waals surface area contributed by atoms with E-state index < -0.39 is 0 Å².